The number of hydrogen-bond acceptors (Lipinski definition) is 7. The van der Waals surface area contributed by atoms with E-state index in [-0.39, 0.29) is 25.7 Å². The van der Waals surface area contributed by atoms with Crippen molar-refractivity contribution in [1.29, 1.82) is 0 Å². The number of carboxylic acid groups (broad SMARTS) is 1. The number of rotatable bonds is 17. The van der Waals surface area contributed by atoms with E-state index in [1.54, 1.807) is 20.8 Å². The van der Waals surface area contributed by atoms with Gasteiger partial charge in [0.25, 0.3) is 0 Å². The van der Waals surface area contributed by atoms with Gasteiger partial charge in [0.15, 0.2) is 0 Å². The highest BCUT2D eigenvalue weighted by atomic mass is 16.6. The van der Waals surface area contributed by atoms with Crippen molar-refractivity contribution >= 4 is 23.8 Å². The second-order valence-electron chi connectivity index (χ2n) is 10.2. The predicted octanol–water partition coefficient (Wildman–Crippen LogP) is 3.65. The zero-order chi connectivity index (χ0) is 27.2. The number of carboxylic acids is 1. The van der Waals surface area contributed by atoms with E-state index in [1.807, 2.05) is 18.2 Å². The van der Waals surface area contributed by atoms with Crippen LogP contribution in [0.1, 0.15) is 90.5 Å². The lowest BCUT2D eigenvalue weighted by Crippen LogP contribution is -2.58. The fourth-order valence-electron chi connectivity index (χ4n) is 3.73. The van der Waals surface area contributed by atoms with Crippen LogP contribution < -0.4 is 11.5 Å². The Bertz CT molecular complexity index is 851. The van der Waals surface area contributed by atoms with Crippen molar-refractivity contribution in [3.05, 3.63) is 35.9 Å². The normalized spacial score (nSPS) is 13.9. The highest BCUT2D eigenvalue weighted by molar-refractivity contribution is 6.05. The summed E-state index contributed by atoms with van der Waals surface area (Å²) in [5, 5.41) is 8.93. The number of benzene rings is 1. The van der Waals surface area contributed by atoms with Gasteiger partial charge in [0.2, 0.25) is 11.4 Å². The average Bonchev–Trinajstić information content (AvgIpc) is 2.77. The van der Waals surface area contributed by atoms with E-state index >= 15 is 0 Å². The number of hydrogen-bond donors (Lipinski definition) is 3. The molecular formula is C27H42N2O7. The molecule has 0 aromatic heterocycles. The van der Waals surface area contributed by atoms with Gasteiger partial charge in [-0.1, -0.05) is 49.6 Å². The van der Waals surface area contributed by atoms with Crippen LogP contribution in [0.15, 0.2) is 30.3 Å². The maximum atomic E-state index is 13.0. The summed E-state index contributed by atoms with van der Waals surface area (Å²) in [6.07, 6.45) is 4.56. The lowest BCUT2D eigenvalue weighted by molar-refractivity contribution is -0.175. The fourth-order valence-corrected chi connectivity index (χ4v) is 3.73. The van der Waals surface area contributed by atoms with Crippen LogP contribution in [0.3, 0.4) is 0 Å². The third kappa shape index (κ3) is 12.7. The van der Waals surface area contributed by atoms with Gasteiger partial charge in [0.1, 0.15) is 11.7 Å². The number of ether oxygens (including phenoxy) is 2. The SMILES string of the molecule is CC(C)(C)OC(=O)[C@](N)(CCCC(=O)O)C(=O)O[C@@H](CCCCCCCc1ccccc1)CC(N)=O. The summed E-state index contributed by atoms with van der Waals surface area (Å²) in [5.74, 6) is -3.76. The molecule has 0 saturated heterocycles. The quantitative estimate of drug-likeness (QED) is 0.164. The molecule has 0 saturated carbocycles. The van der Waals surface area contributed by atoms with Gasteiger partial charge in [0, 0.05) is 6.42 Å². The number of carbonyl (C=O) groups excluding carboxylic acids is 3. The van der Waals surface area contributed by atoms with Crippen LogP contribution in [0.2, 0.25) is 0 Å². The first-order valence-electron chi connectivity index (χ1n) is 12.6. The van der Waals surface area contributed by atoms with Crippen LogP contribution in [0.4, 0.5) is 0 Å². The van der Waals surface area contributed by atoms with Crippen LogP contribution in [0.25, 0.3) is 0 Å². The number of esters is 2. The monoisotopic (exact) mass is 506 g/mol. The summed E-state index contributed by atoms with van der Waals surface area (Å²) in [7, 11) is 0. The molecule has 5 N–H and O–H groups in total. The molecule has 202 valence electrons. The zero-order valence-corrected chi connectivity index (χ0v) is 21.8. The van der Waals surface area contributed by atoms with Crippen molar-refractivity contribution < 1.29 is 33.8 Å². The lowest BCUT2D eigenvalue weighted by atomic mass is 9.93. The summed E-state index contributed by atoms with van der Waals surface area (Å²) in [4.78, 5) is 48.3. The number of unbranched alkanes of at least 4 members (excludes halogenated alkanes) is 4. The van der Waals surface area contributed by atoms with Crippen molar-refractivity contribution in [2.75, 3.05) is 0 Å². The summed E-state index contributed by atoms with van der Waals surface area (Å²) in [6, 6.07) is 10.3. The zero-order valence-electron chi connectivity index (χ0n) is 21.8. The standard InChI is InChI=1S/C27H42N2O7/c1-26(2,3)36-25(34)27(29,18-12-17-23(31)32)24(33)35-21(19-22(28)30)16-11-6-4-5-8-13-20-14-9-7-10-15-20/h7,9-10,14-15,21H,4-6,8,11-13,16-19,29H2,1-3H3,(H2,28,30)(H,31,32)/t21-,27-/m0/s1. The van der Waals surface area contributed by atoms with Gasteiger partial charge in [0.05, 0.1) is 6.42 Å². The number of aliphatic carboxylic acids is 1. The molecule has 0 aliphatic heterocycles. The van der Waals surface area contributed by atoms with Gasteiger partial charge in [-0.3, -0.25) is 9.59 Å². The van der Waals surface area contributed by atoms with Gasteiger partial charge in [-0.15, -0.1) is 0 Å². The second-order valence-corrected chi connectivity index (χ2v) is 10.2. The molecule has 0 aliphatic carbocycles. The summed E-state index contributed by atoms with van der Waals surface area (Å²) in [5.41, 5.74) is 9.71. The van der Waals surface area contributed by atoms with E-state index < -0.39 is 41.1 Å². The Hall–Kier alpha value is -2.94. The molecule has 1 rings (SSSR count). The van der Waals surface area contributed by atoms with Gasteiger partial charge >= 0.3 is 17.9 Å². The Morgan fingerprint density at radius 3 is 2.11 bits per heavy atom. The third-order valence-electron chi connectivity index (χ3n) is 5.63. The predicted molar refractivity (Wildman–Crippen MR) is 136 cm³/mol. The maximum absolute atomic E-state index is 13.0. The van der Waals surface area contributed by atoms with Crippen molar-refractivity contribution in [2.24, 2.45) is 11.5 Å². The molecule has 0 aliphatic rings. The van der Waals surface area contributed by atoms with E-state index in [2.05, 4.69) is 12.1 Å². The molecule has 0 bridgehead atoms. The Labute approximate surface area is 213 Å². The first-order valence-corrected chi connectivity index (χ1v) is 12.6. The number of aryl methyl sites for hydroxylation is 1. The molecule has 9 heteroatoms. The van der Waals surface area contributed by atoms with Crippen molar-refractivity contribution in [3.8, 4) is 0 Å². The first kappa shape index (κ1) is 31.1. The van der Waals surface area contributed by atoms with Gasteiger partial charge in [-0.25, -0.2) is 9.59 Å². The van der Waals surface area contributed by atoms with Crippen molar-refractivity contribution in [3.63, 3.8) is 0 Å². The van der Waals surface area contributed by atoms with Crippen LogP contribution in [0, 0.1) is 0 Å². The number of nitrogens with two attached hydrogens (primary N) is 2. The van der Waals surface area contributed by atoms with Crippen LogP contribution in [-0.4, -0.2) is 46.2 Å². The molecule has 1 aromatic carbocycles. The molecule has 1 aromatic rings. The number of amides is 1. The minimum atomic E-state index is -2.18. The molecular weight excluding hydrogens is 464 g/mol. The molecule has 0 heterocycles. The van der Waals surface area contributed by atoms with Crippen LogP contribution >= 0.6 is 0 Å². The van der Waals surface area contributed by atoms with E-state index in [0.29, 0.717) is 12.8 Å². The highest BCUT2D eigenvalue weighted by Gasteiger charge is 2.47. The summed E-state index contributed by atoms with van der Waals surface area (Å²) in [6.45, 7) is 4.89. The molecule has 0 spiro atoms. The largest absolute Gasteiger partial charge is 0.481 e. The van der Waals surface area contributed by atoms with Crippen LogP contribution in [-0.2, 0) is 35.1 Å². The van der Waals surface area contributed by atoms with E-state index in [4.69, 9.17) is 26.0 Å². The van der Waals surface area contributed by atoms with Crippen molar-refractivity contribution in [2.45, 2.75) is 109 Å². The Kier molecular flexibility index (Phi) is 13.2. The smallest absolute Gasteiger partial charge is 0.338 e. The Morgan fingerprint density at radius 2 is 1.53 bits per heavy atom. The fraction of sp³-hybridized carbons (Fsp3) is 0.630. The molecule has 9 nitrogen and oxygen atoms in total. The first-order chi connectivity index (χ1) is 16.8. The number of primary amides is 1. The minimum Gasteiger partial charge on any atom is -0.481 e. The van der Waals surface area contributed by atoms with E-state index in [9.17, 15) is 19.2 Å². The third-order valence-corrected chi connectivity index (χ3v) is 5.63. The Morgan fingerprint density at radius 1 is 0.917 bits per heavy atom. The highest BCUT2D eigenvalue weighted by Crippen LogP contribution is 2.22. The molecule has 1 amide bonds. The lowest BCUT2D eigenvalue weighted by Gasteiger charge is -2.31. The molecule has 2 atom stereocenters. The summed E-state index contributed by atoms with van der Waals surface area (Å²) < 4.78 is 10.8. The number of carbonyl (C=O) groups is 4. The maximum Gasteiger partial charge on any atom is 0.338 e. The van der Waals surface area contributed by atoms with Gasteiger partial charge in [-0.05, 0) is 64.9 Å². The molecule has 0 fully saturated rings. The topological polar surface area (TPSA) is 159 Å². The summed E-state index contributed by atoms with van der Waals surface area (Å²) >= 11 is 0. The van der Waals surface area contributed by atoms with Crippen molar-refractivity contribution in [1.82, 2.24) is 0 Å². The second kappa shape index (κ2) is 15.2. The van der Waals surface area contributed by atoms with E-state index in [1.165, 1.54) is 5.56 Å². The van der Waals surface area contributed by atoms with Crippen LogP contribution in [0.5, 0.6) is 0 Å². The van der Waals surface area contributed by atoms with Gasteiger partial charge < -0.3 is 26.0 Å². The average molecular weight is 507 g/mol. The molecule has 0 unspecified atom stereocenters. The molecule has 36 heavy (non-hydrogen) atoms. The van der Waals surface area contributed by atoms with E-state index in [0.717, 1.165) is 32.1 Å². The minimum absolute atomic E-state index is 0.0242. The molecule has 0 radical (unpaired) electrons. The Balaban J connectivity index is 2.66. The van der Waals surface area contributed by atoms with Gasteiger partial charge in [-0.2, -0.15) is 0 Å².